The third kappa shape index (κ3) is 5.90. The van der Waals surface area contributed by atoms with E-state index in [1.165, 1.54) is 6.92 Å². The summed E-state index contributed by atoms with van der Waals surface area (Å²) < 4.78 is 11.2. The second-order valence-electron chi connectivity index (χ2n) is 9.98. The van der Waals surface area contributed by atoms with Gasteiger partial charge >= 0.3 is 11.9 Å². The van der Waals surface area contributed by atoms with Crippen LogP contribution in [-0.2, 0) is 19.1 Å². The predicted octanol–water partition coefficient (Wildman–Crippen LogP) is 4.29. The maximum Gasteiger partial charge on any atom is 0.363 e. The van der Waals surface area contributed by atoms with E-state index in [4.69, 9.17) is 21.1 Å². The van der Waals surface area contributed by atoms with Gasteiger partial charge < -0.3 is 14.6 Å². The molecule has 2 aromatic rings. The topological polar surface area (TPSA) is 102 Å². The maximum absolute atomic E-state index is 13.9. The van der Waals surface area contributed by atoms with Crippen molar-refractivity contribution in [3.8, 4) is 5.75 Å². The molecule has 1 aliphatic rings. The summed E-state index contributed by atoms with van der Waals surface area (Å²) in [6, 6.07) is 11.2. The Morgan fingerprint density at radius 2 is 1.91 bits per heavy atom. The Hall–Kier alpha value is -2.78. The number of carbonyl (C=O) groups is 3. The second kappa shape index (κ2) is 10.5. The SMILES string of the molecule is COc1ccccc1[C@@H]1OCC(=O)[N+](CC(C)(C)C)(N[C@@H](CC(C)=O)C(=O)O)c2ccc(Cl)cc21. The zero-order chi connectivity index (χ0) is 26.0. The fourth-order valence-corrected chi connectivity index (χ4v) is 4.71. The highest BCUT2D eigenvalue weighted by Gasteiger charge is 2.50. The Morgan fingerprint density at radius 1 is 1.23 bits per heavy atom. The number of halogens is 1. The summed E-state index contributed by atoms with van der Waals surface area (Å²) in [7, 11) is 1.56. The number of amides is 1. The summed E-state index contributed by atoms with van der Waals surface area (Å²) in [6.45, 7) is 7.12. The van der Waals surface area contributed by atoms with E-state index in [0.717, 1.165) is 0 Å². The van der Waals surface area contributed by atoms with Gasteiger partial charge in [-0.2, -0.15) is 0 Å². The number of ketones is 1. The normalized spacial score (nSPS) is 21.1. The van der Waals surface area contributed by atoms with E-state index in [2.05, 4.69) is 5.43 Å². The van der Waals surface area contributed by atoms with Crippen LogP contribution in [0, 0.1) is 5.41 Å². The van der Waals surface area contributed by atoms with E-state index < -0.39 is 28.1 Å². The van der Waals surface area contributed by atoms with Gasteiger partial charge in [0.1, 0.15) is 24.2 Å². The molecule has 0 radical (unpaired) electrons. The van der Waals surface area contributed by atoms with Gasteiger partial charge in [-0.25, -0.2) is 4.79 Å². The summed E-state index contributed by atoms with van der Waals surface area (Å²) in [6.07, 6.45) is -0.964. The van der Waals surface area contributed by atoms with Crippen molar-refractivity contribution in [1.29, 1.82) is 0 Å². The zero-order valence-corrected chi connectivity index (χ0v) is 21.4. The number of nitrogens with one attached hydrogen (secondary N) is 1. The van der Waals surface area contributed by atoms with Crippen LogP contribution in [0.3, 0.4) is 0 Å². The van der Waals surface area contributed by atoms with Gasteiger partial charge in [0.05, 0.1) is 12.7 Å². The molecule has 3 rings (SSSR count). The summed E-state index contributed by atoms with van der Waals surface area (Å²) in [5, 5.41) is 10.3. The van der Waals surface area contributed by atoms with Crippen LogP contribution in [0.25, 0.3) is 0 Å². The highest BCUT2D eigenvalue weighted by molar-refractivity contribution is 6.30. The number of carboxylic acids is 1. The highest BCUT2D eigenvalue weighted by atomic mass is 35.5. The number of hydrogen-bond donors (Lipinski definition) is 2. The molecule has 0 saturated carbocycles. The van der Waals surface area contributed by atoms with E-state index in [0.29, 0.717) is 27.6 Å². The van der Waals surface area contributed by atoms with Gasteiger partial charge in [0.25, 0.3) is 0 Å². The van der Waals surface area contributed by atoms with Crippen molar-refractivity contribution >= 4 is 34.9 Å². The number of methoxy groups -OCH3 is 1. The number of nitrogens with zero attached hydrogens (tertiary/aromatic N) is 1. The Kier molecular flexibility index (Phi) is 8.01. The number of carboxylic acid groups (broad SMARTS) is 1. The molecule has 0 spiro atoms. The van der Waals surface area contributed by atoms with Gasteiger partial charge in [0, 0.05) is 28.5 Å². The summed E-state index contributed by atoms with van der Waals surface area (Å²) in [4.78, 5) is 37.9. The molecular formula is C26H32ClN2O6+. The lowest BCUT2D eigenvalue weighted by atomic mass is 9.93. The Balaban J connectivity index is 2.30. The van der Waals surface area contributed by atoms with Crippen molar-refractivity contribution in [2.24, 2.45) is 5.41 Å². The fourth-order valence-electron chi connectivity index (χ4n) is 4.53. The fraction of sp³-hybridized carbons (Fsp3) is 0.423. The molecule has 1 aliphatic heterocycles. The summed E-state index contributed by atoms with van der Waals surface area (Å²) in [5.74, 6) is -1.32. The zero-order valence-electron chi connectivity index (χ0n) is 20.6. The summed E-state index contributed by atoms with van der Waals surface area (Å²) in [5.41, 5.74) is 4.45. The van der Waals surface area contributed by atoms with Gasteiger partial charge in [0.15, 0.2) is 18.3 Å². The summed E-state index contributed by atoms with van der Waals surface area (Å²) >= 11 is 6.41. The molecule has 1 amide bonds. The van der Waals surface area contributed by atoms with E-state index in [1.807, 2.05) is 39.0 Å². The predicted molar refractivity (Wildman–Crippen MR) is 133 cm³/mol. The van der Waals surface area contributed by atoms with Crippen LogP contribution in [0.15, 0.2) is 42.5 Å². The minimum Gasteiger partial charge on any atom is -0.496 e. The average Bonchev–Trinajstić information content (AvgIpc) is 2.87. The largest absolute Gasteiger partial charge is 0.496 e. The number of aliphatic carboxylic acids is 1. The Bertz CT molecular complexity index is 1130. The first-order chi connectivity index (χ1) is 16.4. The van der Waals surface area contributed by atoms with Crippen LogP contribution in [0.2, 0.25) is 5.02 Å². The van der Waals surface area contributed by atoms with Crippen LogP contribution in [0.4, 0.5) is 5.69 Å². The number of rotatable bonds is 8. The van der Waals surface area contributed by atoms with Gasteiger partial charge in [-0.1, -0.05) is 50.6 Å². The molecule has 188 valence electrons. The van der Waals surface area contributed by atoms with Crippen molar-refractivity contribution in [1.82, 2.24) is 10.0 Å². The number of fused-ring (bicyclic) bond motifs is 1. The van der Waals surface area contributed by atoms with Crippen molar-refractivity contribution in [2.75, 3.05) is 20.3 Å². The molecule has 35 heavy (non-hydrogen) atoms. The number of para-hydroxylation sites is 1. The molecule has 1 heterocycles. The van der Waals surface area contributed by atoms with Crippen molar-refractivity contribution in [3.63, 3.8) is 0 Å². The Labute approximate surface area is 210 Å². The molecule has 3 atom stereocenters. The first-order valence-corrected chi connectivity index (χ1v) is 11.7. The molecule has 2 aromatic carbocycles. The highest BCUT2D eigenvalue weighted by Crippen LogP contribution is 2.44. The van der Waals surface area contributed by atoms with Crippen LogP contribution in [0.1, 0.15) is 51.3 Å². The molecule has 0 aromatic heterocycles. The minimum absolute atomic E-state index is 0.212. The minimum atomic E-state index is -1.29. The maximum atomic E-state index is 13.9. The van der Waals surface area contributed by atoms with Crippen LogP contribution >= 0.6 is 11.6 Å². The molecular weight excluding hydrogens is 472 g/mol. The van der Waals surface area contributed by atoms with Crippen molar-refractivity contribution in [3.05, 3.63) is 58.6 Å². The average molecular weight is 504 g/mol. The Morgan fingerprint density at radius 3 is 2.51 bits per heavy atom. The number of carbonyl (C=O) groups excluding carboxylic acids is 2. The lowest BCUT2D eigenvalue weighted by molar-refractivity contribution is -0.148. The molecule has 0 bridgehead atoms. The first-order valence-electron chi connectivity index (χ1n) is 11.3. The van der Waals surface area contributed by atoms with Crippen LogP contribution in [0.5, 0.6) is 5.75 Å². The number of quaternary nitrogens is 1. The van der Waals surface area contributed by atoms with E-state index in [9.17, 15) is 19.5 Å². The number of benzene rings is 2. The smallest absolute Gasteiger partial charge is 0.363 e. The van der Waals surface area contributed by atoms with Crippen molar-refractivity contribution in [2.45, 2.75) is 46.3 Å². The molecule has 1 unspecified atom stereocenters. The van der Waals surface area contributed by atoms with Crippen LogP contribution in [-0.4, -0.2) is 49.1 Å². The second-order valence-corrected chi connectivity index (χ2v) is 10.4. The van der Waals surface area contributed by atoms with Gasteiger partial charge in [-0.05, 0) is 25.1 Å². The van der Waals surface area contributed by atoms with E-state index in [1.54, 1.807) is 31.4 Å². The van der Waals surface area contributed by atoms with E-state index in [-0.39, 0.29) is 31.3 Å². The standard InChI is InChI=1S/C26H31ClN2O6/c1-16(30)12-20(25(32)33)28-29(15-26(2,3)4)21-11-10-17(27)13-19(21)24(35-14-23(29)31)18-8-6-7-9-22(18)34-5/h6-11,13,20,24,28H,12,14-15H2,1-5H3/p+1/t20-,24-,29?/m0/s1. The van der Waals surface area contributed by atoms with Gasteiger partial charge in [-0.3, -0.25) is 9.59 Å². The lowest BCUT2D eigenvalue weighted by Crippen LogP contribution is -2.70. The lowest BCUT2D eigenvalue weighted by Gasteiger charge is -2.40. The molecule has 0 fully saturated rings. The third-order valence-electron chi connectivity index (χ3n) is 5.78. The molecule has 0 saturated heterocycles. The molecule has 8 nitrogen and oxygen atoms in total. The quantitative estimate of drug-likeness (QED) is 0.518. The molecule has 2 N–H and O–H groups in total. The number of Topliss-reactive ketones (excluding diaryl/α,β-unsaturated/α-hetero) is 1. The van der Waals surface area contributed by atoms with Gasteiger partial charge in [-0.15, -0.1) is 10.0 Å². The monoisotopic (exact) mass is 503 g/mol. The number of ether oxygens (including phenoxy) is 2. The number of hydrogen-bond acceptors (Lipinski definition) is 6. The third-order valence-corrected chi connectivity index (χ3v) is 6.02. The first kappa shape index (κ1) is 26.8. The van der Waals surface area contributed by atoms with Crippen molar-refractivity contribution < 1.29 is 29.0 Å². The van der Waals surface area contributed by atoms with Crippen LogP contribution < -0.4 is 14.8 Å². The molecule has 0 aliphatic carbocycles. The van der Waals surface area contributed by atoms with Gasteiger partial charge in [0.2, 0.25) is 0 Å². The van der Waals surface area contributed by atoms with E-state index >= 15 is 0 Å². The molecule has 9 heteroatoms.